The summed E-state index contributed by atoms with van der Waals surface area (Å²) in [7, 11) is 0. The Morgan fingerprint density at radius 3 is 2.40 bits per heavy atom. The lowest BCUT2D eigenvalue weighted by Crippen LogP contribution is -2.46. The van der Waals surface area contributed by atoms with Gasteiger partial charge in [0.2, 0.25) is 11.8 Å². The van der Waals surface area contributed by atoms with Crippen molar-refractivity contribution in [1.29, 1.82) is 0 Å². The summed E-state index contributed by atoms with van der Waals surface area (Å²) in [5.41, 5.74) is -0.316. The zero-order valence-corrected chi connectivity index (χ0v) is 9.29. The molecule has 0 saturated carbocycles. The lowest BCUT2D eigenvalue weighted by atomic mass is 10.1. The molecule has 1 fully saturated rings. The smallest absolute Gasteiger partial charge is 0.240 e. The Labute approximate surface area is 88.8 Å². The molecule has 1 saturated heterocycles. The summed E-state index contributed by atoms with van der Waals surface area (Å²) in [6.07, 6.45) is -0.0667. The Bertz CT molecular complexity index is 304. The minimum atomic E-state index is -0.316. The Morgan fingerprint density at radius 2 is 2.00 bits per heavy atom. The summed E-state index contributed by atoms with van der Waals surface area (Å²) < 4.78 is 0. The summed E-state index contributed by atoms with van der Waals surface area (Å²) in [5.74, 6) is -0.613. The van der Waals surface area contributed by atoms with Gasteiger partial charge in [-0.1, -0.05) is 0 Å². The number of ketones is 1. The summed E-state index contributed by atoms with van der Waals surface area (Å²) in [6, 6.07) is 0. The molecule has 0 aromatic carbocycles. The minimum absolute atomic E-state index is 0.0259. The lowest BCUT2D eigenvalue weighted by Gasteiger charge is -2.22. The molecule has 0 atom stereocenters. The summed E-state index contributed by atoms with van der Waals surface area (Å²) in [4.78, 5) is 34.9. The molecule has 1 heterocycles. The lowest BCUT2D eigenvalue weighted by molar-refractivity contribution is -0.133. The van der Waals surface area contributed by atoms with Crippen LogP contribution in [-0.2, 0) is 14.4 Å². The van der Waals surface area contributed by atoms with E-state index in [-0.39, 0.29) is 42.6 Å². The van der Waals surface area contributed by atoms with Crippen molar-refractivity contribution < 1.29 is 14.4 Å². The molecule has 1 rings (SSSR count). The van der Waals surface area contributed by atoms with Gasteiger partial charge in [-0.25, -0.2) is 0 Å². The highest BCUT2D eigenvalue weighted by molar-refractivity contribution is 6.06. The molecule has 0 spiro atoms. The summed E-state index contributed by atoms with van der Waals surface area (Å²) in [6.45, 7) is 5.63. The fourth-order valence-corrected chi connectivity index (χ4v) is 1.41. The molecule has 5 nitrogen and oxygen atoms in total. The number of rotatable bonds is 2. The van der Waals surface area contributed by atoms with Crippen molar-refractivity contribution >= 4 is 17.6 Å². The zero-order valence-electron chi connectivity index (χ0n) is 9.29. The first-order valence-corrected chi connectivity index (χ1v) is 4.88. The van der Waals surface area contributed by atoms with E-state index in [0.717, 1.165) is 0 Å². The van der Waals surface area contributed by atoms with Crippen LogP contribution in [0.25, 0.3) is 0 Å². The number of carbonyl (C=O) groups excluding carboxylic acids is 3. The van der Waals surface area contributed by atoms with Gasteiger partial charge in [-0.3, -0.25) is 14.4 Å². The van der Waals surface area contributed by atoms with Gasteiger partial charge in [-0.2, -0.15) is 0 Å². The van der Waals surface area contributed by atoms with Crippen LogP contribution < -0.4 is 5.32 Å². The number of likely N-dealkylation sites (tertiary alicyclic amines) is 1. The average Bonchev–Trinajstić information content (AvgIpc) is 2.25. The molecule has 0 radical (unpaired) electrons. The van der Waals surface area contributed by atoms with E-state index in [1.165, 1.54) is 4.90 Å². The zero-order chi connectivity index (χ0) is 11.6. The highest BCUT2D eigenvalue weighted by Gasteiger charge is 2.29. The standard InChI is InChI=1S/C10H16N2O3/c1-10(2,3)11-8(14)6-12-5-7(13)4-9(12)15/h4-6H2,1-3H3,(H,11,14). The third-order valence-corrected chi connectivity index (χ3v) is 1.92. The topological polar surface area (TPSA) is 66.5 Å². The number of Topliss-reactive ketones (excluding diaryl/α,β-unsaturated/α-hetero) is 1. The van der Waals surface area contributed by atoms with Crippen molar-refractivity contribution in [2.45, 2.75) is 32.7 Å². The van der Waals surface area contributed by atoms with Crippen LogP contribution in [0.3, 0.4) is 0 Å². The van der Waals surface area contributed by atoms with E-state index in [1.54, 1.807) is 0 Å². The third kappa shape index (κ3) is 3.69. The number of nitrogens with zero attached hydrogens (tertiary/aromatic N) is 1. The maximum atomic E-state index is 11.5. The van der Waals surface area contributed by atoms with Crippen LogP contribution in [0.2, 0.25) is 0 Å². The van der Waals surface area contributed by atoms with Crippen molar-refractivity contribution in [3.05, 3.63) is 0 Å². The van der Waals surface area contributed by atoms with Crippen molar-refractivity contribution in [2.75, 3.05) is 13.1 Å². The van der Waals surface area contributed by atoms with Crippen molar-refractivity contribution in [1.82, 2.24) is 10.2 Å². The van der Waals surface area contributed by atoms with E-state index in [0.29, 0.717) is 0 Å². The largest absolute Gasteiger partial charge is 0.350 e. The molecule has 0 unspecified atom stereocenters. The van der Waals surface area contributed by atoms with E-state index in [2.05, 4.69) is 5.32 Å². The molecule has 1 N–H and O–H groups in total. The van der Waals surface area contributed by atoms with Crippen molar-refractivity contribution in [3.63, 3.8) is 0 Å². The normalized spacial score (nSPS) is 17.1. The Kier molecular flexibility index (Phi) is 3.12. The second-order valence-electron chi connectivity index (χ2n) is 4.76. The minimum Gasteiger partial charge on any atom is -0.350 e. The van der Waals surface area contributed by atoms with Crippen molar-refractivity contribution in [2.24, 2.45) is 0 Å². The number of hydrogen-bond donors (Lipinski definition) is 1. The molecule has 0 bridgehead atoms. The molecule has 15 heavy (non-hydrogen) atoms. The first-order chi connectivity index (χ1) is 6.78. The van der Waals surface area contributed by atoms with E-state index in [4.69, 9.17) is 0 Å². The number of amides is 2. The monoisotopic (exact) mass is 212 g/mol. The Hall–Kier alpha value is -1.39. The van der Waals surface area contributed by atoms with Gasteiger partial charge < -0.3 is 10.2 Å². The van der Waals surface area contributed by atoms with Gasteiger partial charge in [0.05, 0.1) is 13.0 Å². The fourth-order valence-electron chi connectivity index (χ4n) is 1.41. The average molecular weight is 212 g/mol. The molecule has 1 aliphatic heterocycles. The third-order valence-electron chi connectivity index (χ3n) is 1.92. The maximum Gasteiger partial charge on any atom is 0.240 e. The van der Waals surface area contributed by atoms with Gasteiger partial charge in [0.15, 0.2) is 5.78 Å². The van der Waals surface area contributed by atoms with E-state index < -0.39 is 0 Å². The molecule has 2 amide bonds. The molecule has 84 valence electrons. The van der Waals surface area contributed by atoms with Gasteiger partial charge in [0.1, 0.15) is 6.54 Å². The summed E-state index contributed by atoms with van der Waals surface area (Å²) >= 11 is 0. The first kappa shape index (κ1) is 11.7. The van der Waals surface area contributed by atoms with Crippen LogP contribution in [0, 0.1) is 0 Å². The molecule has 0 aromatic heterocycles. The van der Waals surface area contributed by atoms with Crippen LogP contribution in [-0.4, -0.2) is 41.1 Å². The second-order valence-corrected chi connectivity index (χ2v) is 4.76. The molecular weight excluding hydrogens is 196 g/mol. The van der Waals surface area contributed by atoms with E-state index in [9.17, 15) is 14.4 Å². The molecule has 0 aliphatic carbocycles. The Morgan fingerprint density at radius 1 is 1.40 bits per heavy atom. The summed E-state index contributed by atoms with van der Waals surface area (Å²) in [5, 5.41) is 2.74. The number of carbonyl (C=O) groups is 3. The van der Waals surface area contributed by atoms with Gasteiger partial charge in [0.25, 0.3) is 0 Å². The highest BCUT2D eigenvalue weighted by Crippen LogP contribution is 2.06. The SMILES string of the molecule is CC(C)(C)NC(=O)CN1CC(=O)CC1=O. The van der Waals surface area contributed by atoms with Crippen LogP contribution in [0.15, 0.2) is 0 Å². The van der Waals surface area contributed by atoms with Crippen LogP contribution in [0.1, 0.15) is 27.2 Å². The van der Waals surface area contributed by atoms with Gasteiger partial charge in [0, 0.05) is 5.54 Å². The van der Waals surface area contributed by atoms with E-state index >= 15 is 0 Å². The highest BCUT2D eigenvalue weighted by atomic mass is 16.2. The van der Waals surface area contributed by atoms with Crippen LogP contribution in [0.4, 0.5) is 0 Å². The predicted molar refractivity (Wildman–Crippen MR) is 54.1 cm³/mol. The quantitative estimate of drug-likeness (QED) is 0.639. The predicted octanol–water partition coefficient (Wildman–Crippen LogP) is -0.298. The molecule has 1 aliphatic rings. The first-order valence-electron chi connectivity index (χ1n) is 4.88. The maximum absolute atomic E-state index is 11.5. The van der Waals surface area contributed by atoms with Crippen LogP contribution >= 0.6 is 0 Å². The Balaban J connectivity index is 2.45. The molecule has 0 aromatic rings. The number of hydrogen-bond acceptors (Lipinski definition) is 3. The second kappa shape index (κ2) is 4.00. The van der Waals surface area contributed by atoms with Gasteiger partial charge >= 0.3 is 0 Å². The van der Waals surface area contributed by atoms with Crippen LogP contribution in [0.5, 0.6) is 0 Å². The molecule has 5 heteroatoms. The number of nitrogens with one attached hydrogen (secondary N) is 1. The van der Waals surface area contributed by atoms with E-state index in [1.807, 2.05) is 20.8 Å². The van der Waals surface area contributed by atoms with Gasteiger partial charge in [-0.05, 0) is 20.8 Å². The van der Waals surface area contributed by atoms with Crippen molar-refractivity contribution in [3.8, 4) is 0 Å². The molecular formula is C10H16N2O3. The fraction of sp³-hybridized carbons (Fsp3) is 0.700. The van der Waals surface area contributed by atoms with Gasteiger partial charge in [-0.15, -0.1) is 0 Å².